The van der Waals surface area contributed by atoms with Crippen molar-refractivity contribution in [3.8, 4) is 0 Å². The van der Waals surface area contributed by atoms with E-state index in [2.05, 4.69) is 16.0 Å². The van der Waals surface area contributed by atoms with Gasteiger partial charge in [-0.15, -0.1) is 0 Å². The molecule has 1 atom stereocenters. The fraction of sp³-hybridized carbons (Fsp3) is 0.200. The third kappa shape index (κ3) is 4.17. The number of para-hydroxylation sites is 1. The lowest BCUT2D eigenvalue weighted by Crippen LogP contribution is -2.45. The van der Waals surface area contributed by atoms with E-state index in [1.54, 1.807) is 13.0 Å². The van der Waals surface area contributed by atoms with Gasteiger partial charge in [-0.05, 0) is 55.4 Å². The minimum Gasteiger partial charge on any atom is -0.351 e. The second-order valence-electron chi connectivity index (χ2n) is 6.46. The van der Waals surface area contributed by atoms with Gasteiger partial charge in [-0.25, -0.2) is 0 Å². The molecular formula is C20H18F3N3OS. The zero-order valence-corrected chi connectivity index (χ0v) is 16.0. The van der Waals surface area contributed by atoms with E-state index in [0.717, 1.165) is 17.7 Å². The smallest absolute Gasteiger partial charge is 0.351 e. The van der Waals surface area contributed by atoms with E-state index in [4.69, 9.17) is 12.2 Å². The number of anilines is 1. The molecule has 0 radical (unpaired) electrons. The summed E-state index contributed by atoms with van der Waals surface area (Å²) < 4.78 is 38.6. The van der Waals surface area contributed by atoms with Crippen molar-refractivity contribution < 1.29 is 18.0 Å². The van der Waals surface area contributed by atoms with Crippen LogP contribution in [-0.4, -0.2) is 11.0 Å². The number of hydrogen-bond donors (Lipinski definition) is 3. The van der Waals surface area contributed by atoms with Crippen LogP contribution in [0.25, 0.3) is 0 Å². The molecule has 3 N–H and O–H groups in total. The number of nitrogens with one attached hydrogen (secondary N) is 3. The second-order valence-corrected chi connectivity index (χ2v) is 6.87. The largest absolute Gasteiger partial charge is 0.416 e. The Morgan fingerprint density at radius 1 is 1.07 bits per heavy atom. The minimum absolute atomic E-state index is 0.301. The van der Waals surface area contributed by atoms with Crippen molar-refractivity contribution >= 4 is 28.9 Å². The molecule has 1 heterocycles. The predicted molar refractivity (Wildman–Crippen MR) is 106 cm³/mol. The Bertz CT molecular complexity index is 952. The number of thiocarbonyl (C=S) groups is 1. The summed E-state index contributed by atoms with van der Waals surface area (Å²) in [5.41, 5.74) is 2.21. The van der Waals surface area contributed by atoms with E-state index in [1.807, 2.05) is 25.1 Å². The predicted octanol–water partition coefficient (Wildman–Crippen LogP) is 4.45. The van der Waals surface area contributed by atoms with Gasteiger partial charge in [0.05, 0.1) is 17.2 Å². The Kier molecular flexibility index (Phi) is 5.42. The molecule has 0 aliphatic carbocycles. The van der Waals surface area contributed by atoms with Crippen molar-refractivity contribution in [3.63, 3.8) is 0 Å². The first-order valence-electron chi connectivity index (χ1n) is 8.49. The Morgan fingerprint density at radius 3 is 2.32 bits per heavy atom. The van der Waals surface area contributed by atoms with Gasteiger partial charge in [0.1, 0.15) is 0 Å². The van der Waals surface area contributed by atoms with Crippen LogP contribution in [0.5, 0.6) is 0 Å². The summed E-state index contributed by atoms with van der Waals surface area (Å²) in [6.07, 6.45) is -4.42. The summed E-state index contributed by atoms with van der Waals surface area (Å²) in [6, 6.07) is 11.3. The van der Waals surface area contributed by atoms with Crippen LogP contribution >= 0.6 is 12.2 Å². The Morgan fingerprint density at radius 2 is 1.71 bits per heavy atom. The number of amides is 1. The number of benzene rings is 2. The van der Waals surface area contributed by atoms with E-state index in [-0.39, 0.29) is 5.91 Å². The van der Waals surface area contributed by atoms with E-state index in [1.165, 1.54) is 12.1 Å². The second kappa shape index (κ2) is 7.63. The summed E-state index contributed by atoms with van der Waals surface area (Å²) in [7, 11) is 0. The van der Waals surface area contributed by atoms with Gasteiger partial charge < -0.3 is 16.0 Å². The fourth-order valence-electron chi connectivity index (χ4n) is 3.01. The molecule has 0 spiro atoms. The third-order valence-corrected chi connectivity index (χ3v) is 4.70. The molecule has 0 saturated carbocycles. The van der Waals surface area contributed by atoms with Crippen LogP contribution in [0, 0.1) is 6.92 Å². The van der Waals surface area contributed by atoms with Crippen LogP contribution in [-0.2, 0) is 11.0 Å². The standard InChI is InChI=1S/C20H18F3N3OS/c1-11-5-3-4-6-15(11)25-18(27)16-12(2)24-19(28)26-17(16)13-7-9-14(10-8-13)20(21,22)23/h3-10,17H,1-2H3,(H,25,27)(H2,24,26,28)/t17-/m1/s1. The molecule has 8 heteroatoms. The van der Waals surface area contributed by atoms with Gasteiger partial charge in [0, 0.05) is 11.4 Å². The Balaban J connectivity index is 1.95. The van der Waals surface area contributed by atoms with Gasteiger partial charge in [0.15, 0.2) is 5.11 Å². The Labute approximate surface area is 165 Å². The van der Waals surface area contributed by atoms with Crippen molar-refractivity contribution in [3.05, 3.63) is 76.5 Å². The molecule has 146 valence electrons. The van der Waals surface area contributed by atoms with Gasteiger partial charge in [-0.2, -0.15) is 13.2 Å². The van der Waals surface area contributed by atoms with Crippen molar-refractivity contribution in [2.24, 2.45) is 0 Å². The normalized spacial score (nSPS) is 17.0. The Hall–Kier alpha value is -2.87. The van der Waals surface area contributed by atoms with E-state index < -0.39 is 17.8 Å². The number of carbonyl (C=O) groups is 1. The molecule has 0 saturated heterocycles. The molecule has 2 aromatic rings. The summed E-state index contributed by atoms with van der Waals surface area (Å²) >= 11 is 5.17. The van der Waals surface area contributed by atoms with Gasteiger partial charge in [-0.3, -0.25) is 4.79 Å². The molecule has 1 amide bonds. The zero-order chi connectivity index (χ0) is 20.5. The first-order chi connectivity index (χ1) is 13.2. The molecule has 0 fully saturated rings. The lowest BCUT2D eigenvalue weighted by molar-refractivity contribution is -0.137. The van der Waals surface area contributed by atoms with Crippen molar-refractivity contribution in [1.29, 1.82) is 0 Å². The molecule has 0 aromatic heterocycles. The molecule has 1 aliphatic rings. The van der Waals surface area contributed by atoms with E-state index >= 15 is 0 Å². The number of alkyl halides is 3. The molecule has 1 aliphatic heterocycles. The van der Waals surface area contributed by atoms with Crippen LogP contribution in [0.3, 0.4) is 0 Å². The highest BCUT2D eigenvalue weighted by Gasteiger charge is 2.33. The fourth-order valence-corrected chi connectivity index (χ4v) is 3.28. The van der Waals surface area contributed by atoms with Gasteiger partial charge in [0.2, 0.25) is 0 Å². The van der Waals surface area contributed by atoms with Crippen LogP contribution < -0.4 is 16.0 Å². The first kappa shape index (κ1) is 19.9. The lowest BCUT2D eigenvalue weighted by Gasteiger charge is -2.30. The summed E-state index contributed by atoms with van der Waals surface area (Å²) in [5.74, 6) is -0.362. The maximum atomic E-state index is 13.0. The number of allylic oxidation sites excluding steroid dienone is 1. The summed E-state index contributed by atoms with van der Waals surface area (Å²) in [4.78, 5) is 13.0. The minimum atomic E-state index is -4.42. The maximum Gasteiger partial charge on any atom is 0.416 e. The number of halogens is 3. The topological polar surface area (TPSA) is 53.2 Å². The van der Waals surface area contributed by atoms with Gasteiger partial charge in [-0.1, -0.05) is 30.3 Å². The molecule has 0 unspecified atom stereocenters. The SMILES string of the molecule is CC1=C(C(=O)Nc2ccccc2C)[C@@H](c2ccc(C(F)(F)F)cc2)NC(=S)N1. The van der Waals surface area contributed by atoms with Gasteiger partial charge >= 0.3 is 6.18 Å². The van der Waals surface area contributed by atoms with Crippen molar-refractivity contribution in [1.82, 2.24) is 10.6 Å². The molecular weight excluding hydrogens is 387 g/mol. The van der Waals surface area contributed by atoms with Crippen molar-refractivity contribution in [2.45, 2.75) is 26.1 Å². The van der Waals surface area contributed by atoms with Gasteiger partial charge in [0.25, 0.3) is 5.91 Å². The third-order valence-electron chi connectivity index (χ3n) is 4.48. The molecule has 0 bridgehead atoms. The molecule has 4 nitrogen and oxygen atoms in total. The summed E-state index contributed by atoms with van der Waals surface area (Å²) in [5, 5.41) is 9.04. The quantitative estimate of drug-likeness (QED) is 0.661. The highest BCUT2D eigenvalue weighted by molar-refractivity contribution is 7.80. The van der Waals surface area contributed by atoms with Crippen LogP contribution in [0.15, 0.2) is 59.8 Å². The zero-order valence-electron chi connectivity index (χ0n) is 15.1. The number of rotatable bonds is 3. The van der Waals surface area contributed by atoms with Crippen LogP contribution in [0.1, 0.15) is 29.7 Å². The highest BCUT2D eigenvalue weighted by atomic mass is 32.1. The van der Waals surface area contributed by atoms with Crippen molar-refractivity contribution in [2.75, 3.05) is 5.32 Å². The van der Waals surface area contributed by atoms with Crippen LogP contribution in [0.4, 0.5) is 18.9 Å². The average Bonchev–Trinajstić information content (AvgIpc) is 2.62. The monoisotopic (exact) mass is 405 g/mol. The van der Waals surface area contributed by atoms with E-state index in [9.17, 15) is 18.0 Å². The summed E-state index contributed by atoms with van der Waals surface area (Å²) in [6.45, 7) is 3.58. The van der Waals surface area contributed by atoms with E-state index in [0.29, 0.717) is 27.6 Å². The average molecular weight is 405 g/mol. The highest BCUT2D eigenvalue weighted by Crippen LogP contribution is 2.32. The number of hydrogen-bond acceptors (Lipinski definition) is 2. The first-order valence-corrected chi connectivity index (χ1v) is 8.90. The van der Waals surface area contributed by atoms with Crippen LogP contribution in [0.2, 0.25) is 0 Å². The maximum absolute atomic E-state index is 13.0. The number of aryl methyl sites for hydroxylation is 1. The molecule has 2 aromatic carbocycles. The molecule has 28 heavy (non-hydrogen) atoms. The molecule has 3 rings (SSSR count). The number of carbonyl (C=O) groups excluding carboxylic acids is 1. The lowest BCUT2D eigenvalue weighted by atomic mass is 9.94.